The largest absolute Gasteiger partial charge is 0.491 e. The van der Waals surface area contributed by atoms with Crippen LogP contribution in [0.15, 0.2) is 95.2 Å². The van der Waals surface area contributed by atoms with Gasteiger partial charge in [0.25, 0.3) is 0 Å². The third-order valence-corrected chi connectivity index (χ3v) is 9.21. The van der Waals surface area contributed by atoms with E-state index >= 15 is 0 Å². The van der Waals surface area contributed by atoms with Gasteiger partial charge in [-0.2, -0.15) is 10.2 Å². The molecular formula is C56H92N2O22. The molecule has 0 aliphatic carbocycles. The van der Waals surface area contributed by atoms with Crippen molar-refractivity contribution >= 4 is 23.3 Å². The van der Waals surface area contributed by atoms with Crippen molar-refractivity contribution in [1.82, 2.24) is 0 Å². The van der Waals surface area contributed by atoms with Crippen molar-refractivity contribution in [1.29, 1.82) is 0 Å². The average Bonchev–Trinajstić information content (AvgIpc) is 3.48. The molecule has 458 valence electrons. The summed E-state index contributed by atoms with van der Waals surface area (Å²) >= 11 is 0. The molecule has 80 heavy (non-hydrogen) atoms. The van der Waals surface area contributed by atoms with Gasteiger partial charge >= 0.3 is 11.9 Å². The number of benzene rings is 2. The number of ether oxygens (including phenoxy) is 20. The molecule has 2 aromatic rings. The molecule has 0 amide bonds. The highest BCUT2D eigenvalue weighted by Gasteiger charge is 2.02. The zero-order valence-electron chi connectivity index (χ0n) is 48.2. The van der Waals surface area contributed by atoms with Gasteiger partial charge in [-0.1, -0.05) is 36.5 Å². The van der Waals surface area contributed by atoms with E-state index in [1.54, 1.807) is 28.4 Å². The first kappa shape index (κ1) is 75.2. The molecule has 0 saturated carbocycles. The molecule has 0 heterocycles. The van der Waals surface area contributed by atoms with Gasteiger partial charge in [0.2, 0.25) is 0 Å². The zero-order valence-corrected chi connectivity index (χ0v) is 48.2. The number of methoxy groups -OCH3 is 6. The van der Waals surface area contributed by atoms with Crippen molar-refractivity contribution in [3.8, 4) is 11.5 Å². The highest BCUT2D eigenvalue weighted by Crippen LogP contribution is 2.23. The number of hydrogen-bond acceptors (Lipinski definition) is 24. The van der Waals surface area contributed by atoms with E-state index in [9.17, 15) is 9.59 Å². The minimum atomic E-state index is -0.396. The normalized spacial score (nSPS) is 11.3. The van der Waals surface area contributed by atoms with Gasteiger partial charge in [0.15, 0.2) is 0 Å². The van der Waals surface area contributed by atoms with Gasteiger partial charge in [0.05, 0.1) is 197 Å². The smallest absolute Gasteiger partial charge is 0.331 e. The van der Waals surface area contributed by atoms with Gasteiger partial charge < -0.3 is 94.7 Å². The Hall–Kier alpha value is -4.84. The van der Waals surface area contributed by atoms with Crippen LogP contribution < -0.4 is 9.47 Å². The van der Waals surface area contributed by atoms with E-state index in [-0.39, 0.29) is 13.2 Å². The van der Waals surface area contributed by atoms with Gasteiger partial charge in [0.1, 0.15) is 37.9 Å². The van der Waals surface area contributed by atoms with Crippen molar-refractivity contribution in [3.63, 3.8) is 0 Å². The van der Waals surface area contributed by atoms with Crippen LogP contribution in [0.3, 0.4) is 0 Å². The molecule has 24 nitrogen and oxygen atoms in total. The van der Waals surface area contributed by atoms with E-state index in [1.807, 2.05) is 85.0 Å². The Morgan fingerprint density at radius 3 is 0.850 bits per heavy atom. The summed E-state index contributed by atoms with van der Waals surface area (Å²) in [6, 6.07) is 14.8. The maximum atomic E-state index is 10.8. The predicted molar refractivity (Wildman–Crippen MR) is 297 cm³/mol. The second kappa shape index (κ2) is 63.3. The van der Waals surface area contributed by atoms with Gasteiger partial charge in [-0.05, 0) is 48.5 Å². The number of carbonyl (C=O) groups excluding carboxylic acids is 2. The molecule has 0 aliphatic rings. The summed E-state index contributed by atoms with van der Waals surface area (Å²) in [6.45, 7) is 14.4. The monoisotopic (exact) mass is 1140 g/mol. The summed E-state index contributed by atoms with van der Waals surface area (Å²) in [6.07, 6.45) is 11.4. The zero-order chi connectivity index (χ0) is 58.1. The van der Waals surface area contributed by atoms with Gasteiger partial charge in [-0.15, -0.1) is 0 Å². The Balaban J connectivity index is 0.00000118. The summed E-state index contributed by atoms with van der Waals surface area (Å²) in [5.41, 5.74) is 1.49. The van der Waals surface area contributed by atoms with Gasteiger partial charge in [-0.25, -0.2) is 9.59 Å². The van der Waals surface area contributed by atoms with E-state index in [0.717, 1.165) is 22.9 Å². The molecule has 0 saturated heterocycles. The maximum absolute atomic E-state index is 10.8. The van der Waals surface area contributed by atoms with Crippen LogP contribution in [-0.4, -0.2) is 253 Å². The van der Waals surface area contributed by atoms with E-state index in [4.69, 9.17) is 85.3 Å². The Bertz CT molecular complexity index is 1680. The minimum Gasteiger partial charge on any atom is -0.491 e. The molecule has 0 aromatic heterocycles. The molecule has 2 aromatic carbocycles. The molecule has 24 heteroatoms. The molecule has 0 bridgehead atoms. The third kappa shape index (κ3) is 56.4. The number of allylic oxidation sites excluding steroid dienone is 2. The lowest BCUT2D eigenvalue weighted by atomic mass is 10.3. The number of azo groups is 1. The fraction of sp³-hybridized carbons (Fsp3) is 0.643. The third-order valence-electron chi connectivity index (χ3n) is 9.21. The predicted octanol–water partition coefficient (Wildman–Crippen LogP) is 5.63. The van der Waals surface area contributed by atoms with Crippen molar-refractivity contribution in [2.45, 2.75) is 0 Å². The van der Waals surface area contributed by atoms with Gasteiger partial charge in [-0.3, -0.25) is 0 Å². The molecule has 0 atom stereocenters. The highest BCUT2D eigenvalue weighted by molar-refractivity contribution is 5.70. The molecule has 0 N–H and O–H groups in total. The summed E-state index contributed by atoms with van der Waals surface area (Å²) in [5, 5.41) is 8.48. The molecule has 0 radical (unpaired) electrons. The summed E-state index contributed by atoms with van der Waals surface area (Å²) in [4.78, 5) is 21.5. The SMILES string of the molecule is COCCOCCOC/C=C/C=C/COCCOCCOCC(=O)OC.COCCOCCOC/C=C/COCCOCCOCC(=O)OC.COCCOCCOc1ccc(N=Nc2ccc(OCCOCCOC)cc2)cc1. The standard InChI is InChI=1S/C22H30N2O6.C18H32O8.C16H30O8/c1-25-11-13-27-15-17-29-21-7-3-19(4-8-21)23-24-20-5-9-22(10-6-20)30-18-16-28-14-12-26-2;1-20-9-10-24-13-11-22-7-5-3-4-6-8-23-12-14-25-15-16-26-17-18(19)21-2;1-18-7-8-22-11-9-20-5-3-4-6-21-10-12-23-13-14-24-15-16(17)19-2/h3-10H,11-18H2,1-2H3;3-6H,7-17H2,1-2H3;3-4H,5-15H2,1-2H3/b;5-3+,6-4+;4-3+. The molecule has 2 rings (SSSR count). The fourth-order valence-corrected chi connectivity index (χ4v) is 5.10. The van der Waals surface area contributed by atoms with Crippen LogP contribution in [0.4, 0.5) is 11.4 Å². The summed E-state index contributed by atoms with van der Waals surface area (Å²) in [7, 11) is 9.21. The number of nitrogens with zero attached hydrogens (tertiary/aromatic N) is 2. The van der Waals surface area contributed by atoms with E-state index in [2.05, 4.69) is 19.7 Å². The highest BCUT2D eigenvalue weighted by atomic mass is 16.6. The minimum absolute atomic E-state index is 0.0531. The first-order valence-electron chi connectivity index (χ1n) is 26.3. The van der Waals surface area contributed by atoms with Crippen molar-refractivity contribution in [2.24, 2.45) is 10.2 Å². The van der Waals surface area contributed by atoms with Crippen LogP contribution in [0.2, 0.25) is 0 Å². The Labute approximate surface area is 474 Å². The van der Waals surface area contributed by atoms with E-state index in [0.29, 0.717) is 185 Å². The lowest BCUT2D eigenvalue weighted by molar-refractivity contribution is -0.147. The second-order valence-electron chi connectivity index (χ2n) is 15.4. The van der Waals surface area contributed by atoms with Crippen LogP contribution in [-0.2, 0) is 94.9 Å². The van der Waals surface area contributed by atoms with Crippen LogP contribution in [0.25, 0.3) is 0 Å². The second-order valence-corrected chi connectivity index (χ2v) is 15.4. The molecular weight excluding hydrogens is 1050 g/mol. The first-order chi connectivity index (χ1) is 39.4. The number of esters is 2. The topological polar surface area (TPSA) is 243 Å². The maximum Gasteiger partial charge on any atom is 0.331 e. The first-order valence-corrected chi connectivity index (χ1v) is 26.3. The Morgan fingerprint density at radius 1 is 0.312 bits per heavy atom. The van der Waals surface area contributed by atoms with Crippen LogP contribution >= 0.6 is 0 Å². The quantitative estimate of drug-likeness (QED) is 0.0256. The molecule has 0 aliphatic heterocycles. The summed E-state index contributed by atoms with van der Waals surface area (Å²) in [5.74, 6) is 0.731. The number of carbonyl (C=O) groups is 2. The fourth-order valence-electron chi connectivity index (χ4n) is 5.10. The van der Waals surface area contributed by atoms with Crippen molar-refractivity contribution < 1.29 is 104 Å². The number of hydrogen-bond donors (Lipinski definition) is 0. The van der Waals surface area contributed by atoms with Crippen LogP contribution in [0, 0.1) is 0 Å². The summed E-state index contributed by atoms with van der Waals surface area (Å²) < 4.78 is 103. The average molecular weight is 1150 g/mol. The molecule has 0 unspecified atom stereocenters. The number of rotatable bonds is 53. The van der Waals surface area contributed by atoms with Crippen molar-refractivity contribution in [3.05, 3.63) is 85.0 Å². The van der Waals surface area contributed by atoms with Crippen LogP contribution in [0.5, 0.6) is 11.5 Å². The van der Waals surface area contributed by atoms with Crippen LogP contribution in [0.1, 0.15) is 0 Å². The molecule has 0 spiro atoms. The van der Waals surface area contributed by atoms with Gasteiger partial charge in [0, 0.05) is 28.4 Å². The lowest BCUT2D eigenvalue weighted by Crippen LogP contribution is -2.14. The van der Waals surface area contributed by atoms with E-state index < -0.39 is 11.9 Å². The van der Waals surface area contributed by atoms with E-state index in [1.165, 1.54) is 14.2 Å². The lowest BCUT2D eigenvalue weighted by Gasteiger charge is -2.07. The van der Waals surface area contributed by atoms with Crippen molar-refractivity contribution in [2.75, 3.05) is 241 Å². The molecule has 0 fully saturated rings. The Kier molecular flexibility index (Phi) is 59.5. The Morgan fingerprint density at radius 2 is 0.562 bits per heavy atom.